The molecule has 1 aromatic carbocycles. The lowest BCUT2D eigenvalue weighted by molar-refractivity contribution is -0.129. The minimum absolute atomic E-state index is 0.123. The second kappa shape index (κ2) is 5.44. The maximum Gasteiger partial charge on any atom is 0.227 e. The Kier molecular flexibility index (Phi) is 4.04. The van der Waals surface area contributed by atoms with E-state index in [1.54, 1.807) is 7.05 Å². The Bertz CT molecular complexity index is 504. The van der Waals surface area contributed by atoms with Crippen molar-refractivity contribution in [3.8, 4) is 5.75 Å². The summed E-state index contributed by atoms with van der Waals surface area (Å²) in [5.74, 6) is 0.503. The van der Waals surface area contributed by atoms with Crippen LogP contribution in [-0.2, 0) is 11.3 Å². The number of aromatic hydroxyl groups is 1. The fourth-order valence-electron chi connectivity index (χ4n) is 3.07. The first kappa shape index (κ1) is 14.9. The molecule has 0 aliphatic carbocycles. The number of hydrogen-bond donors (Lipinski definition) is 2. The smallest absolute Gasteiger partial charge is 0.227 e. The number of aryl methyl sites for hydroxylation is 2. The van der Waals surface area contributed by atoms with Crippen molar-refractivity contribution < 1.29 is 9.90 Å². The average Bonchev–Trinajstić information content (AvgIpc) is 2.77. The van der Waals surface area contributed by atoms with E-state index < -0.39 is 0 Å². The van der Waals surface area contributed by atoms with Crippen molar-refractivity contribution in [2.45, 2.75) is 33.7 Å². The van der Waals surface area contributed by atoms with Crippen molar-refractivity contribution in [1.82, 2.24) is 10.2 Å². The zero-order valence-corrected chi connectivity index (χ0v) is 12.8. The first-order chi connectivity index (χ1) is 9.35. The Morgan fingerprint density at radius 1 is 1.40 bits per heavy atom. The monoisotopic (exact) mass is 276 g/mol. The second-order valence-electron chi connectivity index (χ2n) is 6.18. The number of rotatable bonds is 3. The minimum Gasteiger partial charge on any atom is -0.507 e. The normalized spacial score (nSPS) is 23.0. The molecule has 0 spiro atoms. The van der Waals surface area contributed by atoms with Gasteiger partial charge in [0, 0.05) is 20.1 Å². The molecule has 1 heterocycles. The van der Waals surface area contributed by atoms with Gasteiger partial charge in [0.1, 0.15) is 5.75 Å². The number of likely N-dealkylation sites (tertiary alicyclic amines) is 1. The number of carbonyl (C=O) groups excluding carboxylic acids is 1. The van der Waals surface area contributed by atoms with Gasteiger partial charge in [-0.2, -0.15) is 0 Å². The number of nitrogens with one attached hydrogen (secondary N) is 1. The quantitative estimate of drug-likeness (QED) is 0.887. The van der Waals surface area contributed by atoms with Gasteiger partial charge < -0.3 is 10.4 Å². The number of benzene rings is 1. The Balaban J connectivity index is 2.08. The van der Waals surface area contributed by atoms with E-state index in [-0.39, 0.29) is 11.3 Å². The van der Waals surface area contributed by atoms with E-state index in [1.165, 1.54) is 5.56 Å². The molecule has 1 aromatic rings. The fourth-order valence-corrected chi connectivity index (χ4v) is 3.07. The molecule has 1 atom stereocenters. The summed E-state index contributed by atoms with van der Waals surface area (Å²) in [5.41, 5.74) is 2.73. The second-order valence-corrected chi connectivity index (χ2v) is 6.18. The van der Waals surface area contributed by atoms with Crippen LogP contribution in [0.4, 0.5) is 0 Å². The third kappa shape index (κ3) is 2.80. The summed E-state index contributed by atoms with van der Waals surface area (Å²) in [6, 6.07) is 4.05. The van der Waals surface area contributed by atoms with Gasteiger partial charge in [-0.1, -0.05) is 12.1 Å². The van der Waals surface area contributed by atoms with E-state index in [2.05, 4.69) is 10.2 Å². The predicted octanol–water partition coefficient (Wildman–Crippen LogP) is 1.97. The van der Waals surface area contributed by atoms with Gasteiger partial charge >= 0.3 is 0 Å². The van der Waals surface area contributed by atoms with Crippen molar-refractivity contribution in [3.63, 3.8) is 0 Å². The number of hydrogen-bond acceptors (Lipinski definition) is 3. The number of phenolic OH excluding ortho intramolecular Hbond substituents is 1. The Labute approximate surface area is 120 Å². The van der Waals surface area contributed by atoms with Crippen LogP contribution in [0.1, 0.15) is 30.0 Å². The molecule has 0 aromatic heterocycles. The third-order valence-corrected chi connectivity index (χ3v) is 4.28. The predicted molar refractivity (Wildman–Crippen MR) is 79.6 cm³/mol. The zero-order valence-electron chi connectivity index (χ0n) is 12.8. The summed E-state index contributed by atoms with van der Waals surface area (Å²) >= 11 is 0. The molecule has 20 heavy (non-hydrogen) atoms. The highest BCUT2D eigenvalue weighted by molar-refractivity contribution is 5.82. The molecule has 110 valence electrons. The van der Waals surface area contributed by atoms with E-state index in [0.717, 1.165) is 37.2 Å². The highest BCUT2D eigenvalue weighted by atomic mass is 16.3. The van der Waals surface area contributed by atoms with Crippen molar-refractivity contribution >= 4 is 5.91 Å². The molecule has 1 unspecified atom stereocenters. The van der Waals surface area contributed by atoms with Crippen LogP contribution in [0.3, 0.4) is 0 Å². The third-order valence-electron chi connectivity index (χ3n) is 4.28. The largest absolute Gasteiger partial charge is 0.507 e. The van der Waals surface area contributed by atoms with Gasteiger partial charge in [0.05, 0.1) is 5.41 Å². The van der Waals surface area contributed by atoms with E-state index >= 15 is 0 Å². The molecule has 2 N–H and O–H groups in total. The molecule has 1 aliphatic heterocycles. The fraction of sp³-hybridized carbons (Fsp3) is 0.562. The number of amides is 1. The number of nitrogens with zero attached hydrogens (tertiary/aromatic N) is 1. The van der Waals surface area contributed by atoms with Crippen molar-refractivity contribution in [3.05, 3.63) is 28.8 Å². The summed E-state index contributed by atoms with van der Waals surface area (Å²) in [7, 11) is 1.70. The van der Waals surface area contributed by atoms with Crippen LogP contribution < -0.4 is 5.32 Å². The standard InChI is InChI=1S/C16H24N2O2/c1-11-7-13(8-12(2)14(11)19)9-18-6-5-16(3,10-18)15(20)17-4/h7-8,19H,5-6,9-10H2,1-4H3,(H,17,20). The Hall–Kier alpha value is -1.55. The van der Waals surface area contributed by atoms with E-state index in [0.29, 0.717) is 5.75 Å². The molecule has 4 heteroatoms. The molecule has 2 rings (SSSR count). The van der Waals surface area contributed by atoms with Crippen LogP contribution in [0.5, 0.6) is 5.75 Å². The molecule has 1 saturated heterocycles. The van der Waals surface area contributed by atoms with Gasteiger partial charge in [-0.15, -0.1) is 0 Å². The molecule has 4 nitrogen and oxygen atoms in total. The van der Waals surface area contributed by atoms with Crippen LogP contribution in [0.2, 0.25) is 0 Å². The van der Waals surface area contributed by atoms with Gasteiger partial charge in [0.2, 0.25) is 5.91 Å². The summed E-state index contributed by atoms with van der Waals surface area (Å²) in [6.45, 7) is 8.41. The van der Waals surface area contributed by atoms with E-state index in [1.807, 2.05) is 32.9 Å². The van der Waals surface area contributed by atoms with E-state index in [4.69, 9.17) is 0 Å². The number of carbonyl (C=O) groups is 1. The number of phenols is 1. The molecule has 0 bridgehead atoms. The van der Waals surface area contributed by atoms with Crippen molar-refractivity contribution in [2.24, 2.45) is 5.41 Å². The van der Waals surface area contributed by atoms with E-state index in [9.17, 15) is 9.90 Å². The van der Waals surface area contributed by atoms with Gasteiger partial charge in [0.25, 0.3) is 0 Å². The maximum atomic E-state index is 11.9. The van der Waals surface area contributed by atoms with Crippen molar-refractivity contribution in [1.29, 1.82) is 0 Å². The zero-order chi connectivity index (χ0) is 14.9. The summed E-state index contributed by atoms with van der Waals surface area (Å²) in [4.78, 5) is 14.2. The van der Waals surface area contributed by atoms with Gasteiger partial charge in [-0.05, 0) is 50.4 Å². The van der Waals surface area contributed by atoms with Gasteiger partial charge in [-0.3, -0.25) is 9.69 Å². The summed E-state index contributed by atoms with van der Waals surface area (Å²) < 4.78 is 0. The van der Waals surface area contributed by atoms with Gasteiger partial charge in [-0.25, -0.2) is 0 Å². The van der Waals surface area contributed by atoms with Crippen LogP contribution in [0, 0.1) is 19.3 Å². The first-order valence-corrected chi connectivity index (χ1v) is 7.09. The SMILES string of the molecule is CNC(=O)C1(C)CCN(Cc2cc(C)c(O)c(C)c2)C1. The van der Waals surface area contributed by atoms with Crippen LogP contribution >= 0.6 is 0 Å². The lowest BCUT2D eigenvalue weighted by Crippen LogP contribution is -2.39. The van der Waals surface area contributed by atoms with Gasteiger partial charge in [0.15, 0.2) is 0 Å². The molecule has 1 fully saturated rings. The molecular formula is C16H24N2O2. The molecular weight excluding hydrogens is 252 g/mol. The lowest BCUT2D eigenvalue weighted by Gasteiger charge is -2.23. The van der Waals surface area contributed by atoms with Crippen molar-refractivity contribution in [2.75, 3.05) is 20.1 Å². The maximum absolute atomic E-state index is 11.9. The summed E-state index contributed by atoms with van der Waals surface area (Å²) in [6.07, 6.45) is 0.892. The molecule has 0 radical (unpaired) electrons. The molecule has 1 amide bonds. The first-order valence-electron chi connectivity index (χ1n) is 7.09. The molecule has 1 aliphatic rings. The minimum atomic E-state index is -0.282. The summed E-state index contributed by atoms with van der Waals surface area (Å²) in [5, 5.41) is 12.6. The Morgan fingerprint density at radius 3 is 2.55 bits per heavy atom. The van der Waals surface area contributed by atoms with Crippen LogP contribution in [0.15, 0.2) is 12.1 Å². The lowest BCUT2D eigenvalue weighted by atomic mass is 9.89. The van der Waals surface area contributed by atoms with Crippen LogP contribution in [0.25, 0.3) is 0 Å². The molecule has 0 saturated carbocycles. The Morgan fingerprint density at radius 2 is 2.00 bits per heavy atom. The highest BCUT2D eigenvalue weighted by Gasteiger charge is 2.39. The average molecular weight is 276 g/mol. The van der Waals surface area contributed by atoms with Crippen LogP contribution in [-0.4, -0.2) is 36.1 Å². The highest BCUT2D eigenvalue weighted by Crippen LogP contribution is 2.32. The topological polar surface area (TPSA) is 52.6 Å².